The zero-order valence-electron chi connectivity index (χ0n) is 9.17. The minimum Gasteiger partial charge on any atom is -0.390 e. The monoisotopic (exact) mass is 186 g/mol. The number of aliphatic hydroxyl groups excluding tert-OH is 1. The molecule has 0 aliphatic heterocycles. The van der Waals surface area contributed by atoms with Crippen molar-refractivity contribution < 1.29 is 10.2 Å². The lowest BCUT2D eigenvalue weighted by Gasteiger charge is -2.52. The van der Waals surface area contributed by atoms with E-state index in [2.05, 4.69) is 13.8 Å². The molecule has 0 bridgehead atoms. The molecular formula is C11H22O2. The lowest BCUT2D eigenvalue weighted by Crippen LogP contribution is -2.59. The molecule has 2 N–H and O–H groups in total. The third-order valence-electron chi connectivity index (χ3n) is 3.91. The van der Waals surface area contributed by atoms with Crippen LogP contribution >= 0.6 is 0 Å². The van der Waals surface area contributed by atoms with E-state index in [0.717, 1.165) is 19.3 Å². The number of hydrogen-bond acceptors (Lipinski definition) is 2. The third-order valence-corrected chi connectivity index (χ3v) is 3.91. The van der Waals surface area contributed by atoms with E-state index in [1.54, 1.807) is 6.92 Å². The van der Waals surface area contributed by atoms with Crippen molar-refractivity contribution in [3.63, 3.8) is 0 Å². The summed E-state index contributed by atoms with van der Waals surface area (Å²) in [6, 6.07) is 0. The fourth-order valence-corrected chi connectivity index (χ4v) is 2.91. The molecule has 0 saturated heterocycles. The highest BCUT2D eigenvalue weighted by molar-refractivity contribution is 5.03. The molecule has 3 unspecified atom stereocenters. The van der Waals surface area contributed by atoms with Crippen molar-refractivity contribution >= 4 is 0 Å². The maximum atomic E-state index is 10.5. The van der Waals surface area contributed by atoms with Gasteiger partial charge in [-0.25, -0.2) is 0 Å². The molecule has 2 heteroatoms. The van der Waals surface area contributed by atoms with Crippen molar-refractivity contribution in [1.82, 2.24) is 0 Å². The molecule has 13 heavy (non-hydrogen) atoms. The summed E-state index contributed by atoms with van der Waals surface area (Å²) >= 11 is 0. The van der Waals surface area contributed by atoms with Gasteiger partial charge in [-0.1, -0.05) is 27.2 Å². The Balaban J connectivity index is 2.98. The van der Waals surface area contributed by atoms with Crippen molar-refractivity contribution in [3.05, 3.63) is 0 Å². The lowest BCUT2D eigenvalue weighted by molar-refractivity contribution is -0.191. The highest BCUT2D eigenvalue weighted by Gasteiger charge is 2.52. The Morgan fingerprint density at radius 1 is 1.38 bits per heavy atom. The van der Waals surface area contributed by atoms with Crippen molar-refractivity contribution in [1.29, 1.82) is 0 Å². The van der Waals surface area contributed by atoms with E-state index in [0.29, 0.717) is 0 Å². The van der Waals surface area contributed by atoms with Crippen LogP contribution < -0.4 is 0 Å². The molecule has 3 atom stereocenters. The van der Waals surface area contributed by atoms with Crippen LogP contribution in [0.5, 0.6) is 0 Å². The Labute approximate surface area is 81.0 Å². The Morgan fingerprint density at radius 2 is 1.92 bits per heavy atom. The molecule has 0 heterocycles. The second-order valence-electron chi connectivity index (χ2n) is 5.18. The van der Waals surface area contributed by atoms with Gasteiger partial charge in [0.2, 0.25) is 0 Å². The van der Waals surface area contributed by atoms with Crippen molar-refractivity contribution in [2.45, 2.75) is 58.7 Å². The normalized spacial score (nSPS) is 41.5. The van der Waals surface area contributed by atoms with E-state index in [1.807, 2.05) is 6.92 Å². The predicted molar refractivity (Wildman–Crippen MR) is 53.4 cm³/mol. The molecule has 0 radical (unpaired) electrons. The minimum atomic E-state index is -0.911. The van der Waals surface area contributed by atoms with E-state index in [9.17, 15) is 10.2 Å². The number of hydrogen-bond donors (Lipinski definition) is 2. The molecule has 1 saturated carbocycles. The molecule has 1 aliphatic carbocycles. The zero-order valence-corrected chi connectivity index (χ0v) is 9.17. The van der Waals surface area contributed by atoms with Gasteiger partial charge in [-0.3, -0.25) is 0 Å². The maximum Gasteiger partial charge on any atom is 0.0978 e. The van der Waals surface area contributed by atoms with E-state index >= 15 is 0 Å². The van der Waals surface area contributed by atoms with Crippen molar-refractivity contribution in [2.75, 3.05) is 0 Å². The molecule has 0 aromatic heterocycles. The first-order valence-electron chi connectivity index (χ1n) is 5.23. The van der Waals surface area contributed by atoms with Gasteiger partial charge < -0.3 is 10.2 Å². The van der Waals surface area contributed by atoms with Crippen molar-refractivity contribution in [3.8, 4) is 0 Å². The zero-order chi connectivity index (χ0) is 10.3. The summed E-state index contributed by atoms with van der Waals surface area (Å²) in [5.74, 6) is 0.191. The molecule has 0 aromatic carbocycles. The SMILES string of the molecule is CC(O)C1(O)C(C)CCCC1(C)C. The quantitative estimate of drug-likeness (QED) is 0.657. The van der Waals surface area contributed by atoms with Gasteiger partial charge in [0.05, 0.1) is 11.7 Å². The van der Waals surface area contributed by atoms with Gasteiger partial charge in [0.15, 0.2) is 0 Å². The number of aliphatic hydroxyl groups is 2. The first kappa shape index (κ1) is 11.0. The molecule has 1 aliphatic rings. The maximum absolute atomic E-state index is 10.5. The van der Waals surface area contributed by atoms with E-state index in [1.165, 1.54) is 0 Å². The Bertz CT molecular complexity index is 187. The predicted octanol–water partition coefficient (Wildman–Crippen LogP) is 1.94. The smallest absolute Gasteiger partial charge is 0.0978 e. The van der Waals surface area contributed by atoms with Crippen LogP contribution in [0.2, 0.25) is 0 Å². The highest BCUT2D eigenvalue weighted by atomic mass is 16.3. The fourth-order valence-electron chi connectivity index (χ4n) is 2.91. The second kappa shape index (κ2) is 3.25. The summed E-state index contributed by atoms with van der Waals surface area (Å²) in [6.45, 7) is 7.84. The summed E-state index contributed by atoms with van der Waals surface area (Å²) in [5, 5.41) is 20.2. The molecule has 1 rings (SSSR count). The standard InChI is InChI=1S/C11H22O2/c1-8-6-5-7-10(3,4)11(8,13)9(2)12/h8-9,12-13H,5-7H2,1-4H3. The number of rotatable bonds is 1. The molecule has 0 amide bonds. The first-order valence-corrected chi connectivity index (χ1v) is 5.23. The second-order valence-corrected chi connectivity index (χ2v) is 5.18. The van der Waals surface area contributed by atoms with Crippen molar-refractivity contribution in [2.24, 2.45) is 11.3 Å². The molecule has 2 nitrogen and oxygen atoms in total. The van der Waals surface area contributed by atoms with Gasteiger partial charge in [-0.05, 0) is 31.1 Å². The van der Waals surface area contributed by atoms with Crippen LogP contribution in [0, 0.1) is 11.3 Å². The average molecular weight is 186 g/mol. The summed E-state index contributed by atoms with van der Waals surface area (Å²) in [7, 11) is 0. The van der Waals surface area contributed by atoms with Crippen LogP contribution in [0.25, 0.3) is 0 Å². The summed E-state index contributed by atoms with van der Waals surface area (Å²) in [6.07, 6.45) is 2.53. The lowest BCUT2D eigenvalue weighted by atomic mass is 9.59. The molecule has 0 aromatic rings. The first-order chi connectivity index (χ1) is 5.82. The van der Waals surface area contributed by atoms with Crippen LogP contribution in [0.15, 0.2) is 0 Å². The molecule has 1 fully saturated rings. The van der Waals surface area contributed by atoms with E-state index < -0.39 is 11.7 Å². The summed E-state index contributed by atoms with van der Waals surface area (Å²) < 4.78 is 0. The van der Waals surface area contributed by atoms with E-state index in [4.69, 9.17) is 0 Å². The van der Waals surface area contributed by atoms with Gasteiger partial charge in [0.1, 0.15) is 0 Å². The van der Waals surface area contributed by atoms with Gasteiger partial charge in [-0.15, -0.1) is 0 Å². The molecular weight excluding hydrogens is 164 g/mol. The van der Waals surface area contributed by atoms with Crippen LogP contribution in [-0.4, -0.2) is 21.9 Å². The largest absolute Gasteiger partial charge is 0.390 e. The summed E-state index contributed by atoms with van der Waals surface area (Å²) in [4.78, 5) is 0. The van der Waals surface area contributed by atoms with Gasteiger partial charge in [0.25, 0.3) is 0 Å². The Hall–Kier alpha value is -0.0800. The Morgan fingerprint density at radius 3 is 2.23 bits per heavy atom. The van der Waals surface area contributed by atoms with Crippen LogP contribution in [0.1, 0.15) is 47.0 Å². The topological polar surface area (TPSA) is 40.5 Å². The molecule has 78 valence electrons. The van der Waals surface area contributed by atoms with Crippen LogP contribution in [-0.2, 0) is 0 Å². The van der Waals surface area contributed by atoms with E-state index in [-0.39, 0.29) is 11.3 Å². The van der Waals surface area contributed by atoms with Gasteiger partial charge >= 0.3 is 0 Å². The average Bonchev–Trinajstić information content (AvgIpc) is 1.99. The molecule has 0 spiro atoms. The highest BCUT2D eigenvalue weighted by Crippen LogP contribution is 2.48. The van der Waals surface area contributed by atoms with Gasteiger partial charge in [0, 0.05) is 0 Å². The van der Waals surface area contributed by atoms with Gasteiger partial charge in [-0.2, -0.15) is 0 Å². The fraction of sp³-hybridized carbons (Fsp3) is 1.00. The minimum absolute atomic E-state index is 0.168. The third kappa shape index (κ3) is 1.50. The van der Waals surface area contributed by atoms with Crippen LogP contribution in [0.3, 0.4) is 0 Å². The van der Waals surface area contributed by atoms with Crippen LogP contribution in [0.4, 0.5) is 0 Å². The summed E-state index contributed by atoms with van der Waals surface area (Å²) in [5.41, 5.74) is -1.08. The Kier molecular flexibility index (Phi) is 2.75.